The molecule has 3 amide bonds. The van der Waals surface area contributed by atoms with E-state index in [0.29, 0.717) is 30.5 Å². The van der Waals surface area contributed by atoms with Gasteiger partial charge in [0.05, 0.1) is 6.04 Å². The Labute approximate surface area is 245 Å². The highest BCUT2D eigenvalue weighted by atomic mass is 16.4. The van der Waals surface area contributed by atoms with Gasteiger partial charge in [-0.2, -0.15) is 0 Å². The molecule has 0 radical (unpaired) electrons. The van der Waals surface area contributed by atoms with E-state index in [1.165, 1.54) is 24.3 Å². The molecule has 12 nitrogen and oxygen atoms in total. The van der Waals surface area contributed by atoms with Crippen LogP contribution in [0.3, 0.4) is 0 Å². The second-order valence-electron chi connectivity index (χ2n) is 10.8. The number of nitrogens with one attached hydrogen (secondary N) is 3. The van der Waals surface area contributed by atoms with Crippen LogP contribution in [0.25, 0.3) is 0 Å². The molecular weight excluding hydrogens is 542 g/mol. The van der Waals surface area contributed by atoms with Crippen molar-refractivity contribution >= 4 is 23.7 Å². The lowest BCUT2D eigenvalue weighted by atomic mass is 9.99. The number of aromatic hydroxyl groups is 2. The molecule has 0 saturated carbocycles. The fourth-order valence-corrected chi connectivity index (χ4v) is 4.33. The Bertz CT molecular complexity index is 1170. The van der Waals surface area contributed by atoms with Gasteiger partial charge in [0.25, 0.3) is 0 Å². The monoisotopic (exact) mass is 585 g/mol. The predicted octanol–water partition coefficient (Wildman–Crippen LogP) is 0.924. The Morgan fingerprint density at radius 3 is 1.69 bits per heavy atom. The molecule has 0 spiro atoms. The Hall–Kier alpha value is -4.16. The first-order chi connectivity index (χ1) is 19.9. The third kappa shape index (κ3) is 11.8. The first-order valence-electron chi connectivity index (χ1n) is 14.0. The summed E-state index contributed by atoms with van der Waals surface area (Å²) in [7, 11) is 0. The lowest BCUT2D eigenvalue weighted by Crippen LogP contribution is -2.58. The first-order valence-corrected chi connectivity index (χ1v) is 14.0. The van der Waals surface area contributed by atoms with Crippen molar-refractivity contribution in [2.75, 3.05) is 6.54 Å². The standard InChI is InChI=1S/C30H43N5O7/c1-18(2)15-25(28(39)33-24(30(41)42)5-3-4-14-31)35-29(40)26(17-20-8-12-22(37)13-9-20)34-27(38)23(32)16-19-6-10-21(36)11-7-19/h6-13,18,23-26,36-37H,3-5,14-17,31-32H2,1-2H3,(H,33,39)(H,34,38)(H,35,40)(H,41,42). The van der Waals surface area contributed by atoms with Crippen LogP contribution in [-0.4, -0.2) is 69.7 Å². The van der Waals surface area contributed by atoms with E-state index in [0.717, 1.165) is 0 Å². The zero-order chi connectivity index (χ0) is 31.2. The largest absolute Gasteiger partial charge is 0.508 e. The predicted molar refractivity (Wildman–Crippen MR) is 157 cm³/mol. The molecule has 0 aromatic heterocycles. The van der Waals surface area contributed by atoms with Crippen molar-refractivity contribution in [1.29, 1.82) is 0 Å². The molecule has 2 rings (SSSR count). The van der Waals surface area contributed by atoms with Crippen LogP contribution in [0.4, 0.5) is 0 Å². The van der Waals surface area contributed by atoms with Crippen molar-refractivity contribution in [2.24, 2.45) is 17.4 Å². The zero-order valence-corrected chi connectivity index (χ0v) is 24.1. The van der Waals surface area contributed by atoms with E-state index in [1.807, 2.05) is 13.8 Å². The van der Waals surface area contributed by atoms with Crippen LogP contribution in [-0.2, 0) is 32.0 Å². The molecule has 0 aliphatic rings. The Morgan fingerprint density at radius 1 is 0.714 bits per heavy atom. The third-order valence-electron chi connectivity index (χ3n) is 6.64. The summed E-state index contributed by atoms with van der Waals surface area (Å²) < 4.78 is 0. The minimum Gasteiger partial charge on any atom is -0.508 e. The van der Waals surface area contributed by atoms with Gasteiger partial charge in [0.1, 0.15) is 29.6 Å². The summed E-state index contributed by atoms with van der Waals surface area (Å²) in [6.45, 7) is 4.12. The van der Waals surface area contributed by atoms with E-state index in [-0.39, 0.29) is 43.1 Å². The minimum absolute atomic E-state index is 0.0227. The number of benzene rings is 2. The molecule has 230 valence electrons. The number of carbonyl (C=O) groups excluding carboxylic acids is 3. The lowest BCUT2D eigenvalue weighted by Gasteiger charge is -2.26. The fraction of sp³-hybridized carbons (Fsp3) is 0.467. The number of phenolic OH excluding ortho intramolecular Hbond substituents is 2. The summed E-state index contributed by atoms with van der Waals surface area (Å²) in [5.74, 6) is -2.99. The molecule has 42 heavy (non-hydrogen) atoms. The maximum atomic E-state index is 13.5. The molecule has 0 bridgehead atoms. The van der Waals surface area contributed by atoms with Gasteiger partial charge >= 0.3 is 5.97 Å². The summed E-state index contributed by atoms with van der Waals surface area (Å²) in [6, 6.07) is 8.02. The molecule has 4 atom stereocenters. The number of carboxylic acids is 1. The van der Waals surface area contributed by atoms with Crippen LogP contribution >= 0.6 is 0 Å². The maximum Gasteiger partial charge on any atom is 0.326 e. The SMILES string of the molecule is CC(C)CC(NC(=O)C(Cc1ccc(O)cc1)NC(=O)C(N)Cc1ccc(O)cc1)C(=O)NC(CCCCN)C(=O)O. The van der Waals surface area contributed by atoms with Crippen LogP contribution in [0.2, 0.25) is 0 Å². The number of carbonyl (C=O) groups is 4. The number of amides is 3. The van der Waals surface area contributed by atoms with Crippen LogP contribution in [0.1, 0.15) is 50.7 Å². The summed E-state index contributed by atoms with van der Waals surface area (Å²) in [6.07, 6.45) is 1.74. The molecule has 0 saturated heterocycles. The van der Waals surface area contributed by atoms with Crippen molar-refractivity contribution in [1.82, 2.24) is 16.0 Å². The van der Waals surface area contributed by atoms with E-state index >= 15 is 0 Å². The molecular formula is C30H43N5O7. The summed E-state index contributed by atoms with van der Waals surface area (Å²) in [5, 5.41) is 36.6. The second kappa shape index (κ2) is 16.9. The summed E-state index contributed by atoms with van der Waals surface area (Å²) >= 11 is 0. The smallest absolute Gasteiger partial charge is 0.326 e. The van der Waals surface area contributed by atoms with Crippen LogP contribution in [0.5, 0.6) is 11.5 Å². The number of aliphatic carboxylic acids is 1. The van der Waals surface area contributed by atoms with E-state index in [2.05, 4.69) is 16.0 Å². The van der Waals surface area contributed by atoms with Crippen LogP contribution in [0.15, 0.2) is 48.5 Å². The fourth-order valence-electron chi connectivity index (χ4n) is 4.33. The quantitative estimate of drug-likeness (QED) is 0.124. The van der Waals surface area contributed by atoms with Crippen LogP contribution in [0, 0.1) is 5.92 Å². The lowest BCUT2D eigenvalue weighted by molar-refractivity contribution is -0.142. The van der Waals surface area contributed by atoms with Crippen molar-refractivity contribution in [3.63, 3.8) is 0 Å². The van der Waals surface area contributed by atoms with Gasteiger partial charge < -0.3 is 42.7 Å². The Morgan fingerprint density at radius 2 is 1.19 bits per heavy atom. The van der Waals surface area contributed by atoms with E-state index in [9.17, 15) is 34.5 Å². The van der Waals surface area contributed by atoms with Gasteiger partial charge in [-0.3, -0.25) is 14.4 Å². The van der Waals surface area contributed by atoms with Gasteiger partial charge in [-0.25, -0.2) is 4.79 Å². The average molecular weight is 586 g/mol. The van der Waals surface area contributed by atoms with Gasteiger partial charge in [0, 0.05) is 6.42 Å². The Kier molecular flexibility index (Phi) is 13.7. The van der Waals surface area contributed by atoms with E-state index < -0.39 is 47.9 Å². The minimum atomic E-state index is -1.19. The van der Waals surface area contributed by atoms with Crippen molar-refractivity contribution in [3.05, 3.63) is 59.7 Å². The maximum absolute atomic E-state index is 13.5. The molecule has 0 heterocycles. The first kappa shape index (κ1) is 34.0. The molecule has 12 heteroatoms. The molecule has 0 fully saturated rings. The number of unbranched alkanes of at least 4 members (excludes halogenated alkanes) is 1. The molecule has 0 aliphatic carbocycles. The summed E-state index contributed by atoms with van der Waals surface area (Å²) in [4.78, 5) is 51.5. The van der Waals surface area contributed by atoms with Crippen molar-refractivity contribution in [3.8, 4) is 11.5 Å². The number of hydrogen-bond donors (Lipinski definition) is 8. The highest BCUT2D eigenvalue weighted by Crippen LogP contribution is 2.14. The number of hydrogen-bond acceptors (Lipinski definition) is 8. The number of carboxylic acid groups (broad SMARTS) is 1. The molecule has 0 aliphatic heterocycles. The van der Waals surface area contributed by atoms with Crippen LogP contribution < -0.4 is 27.4 Å². The Balaban J connectivity index is 2.22. The van der Waals surface area contributed by atoms with Crippen molar-refractivity contribution in [2.45, 2.75) is 76.5 Å². The van der Waals surface area contributed by atoms with Gasteiger partial charge in [0.2, 0.25) is 17.7 Å². The molecule has 2 aromatic carbocycles. The third-order valence-corrected chi connectivity index (χ3v) is 6.64. The summed E-state index contributed by atoms with van der Waals surface area (Å²) in [5.41, 5.74) is 13.0. The van der Waals surface area contributed by atoms with Crippen molar-refractivity contribution < 1.29 is 34.5 Å². The second-order valence-corrected chi connectivity index (χ2v) is 10.8. The van der Waals surface area contributed by atoms with E-state index in [4.69, 9.17) is 11.5 Å². The van der Waals surface area contributed by atoms with Gasteiger partial charge in [-0.05, 0) is 80.0 Å². The topological polar surface area (TPSA) is 217 Å². The normalized spacial score (nSPS) is 13.9. The van der Waals surface area contributed by atoms with Gasteiger partial charge in [-0.15, -0.1) is 0 Å². The number of nitrogens with two attached hydrogens (primary N) is 2. The zero-order valence-electron chi connectivity index (χ0n) is 24.1. The highest BCUT2D eigenvalue weighted by molar-refractivity contribution is 5.94. The number of phenols is 2. The average Bonchev–Trinajstić information content (AvgIpc) is 2.93. The van der Waals surface area contributed by atoms with Gasteiger partial charge in [-0.1, -0.05) is 38.1 Å². The van der Waals surface area contributed by atoms with Gasteiger partial charge in [0.15, 0.2) is 0 Å². The number of rotatable bonds is 17. The molecule has 4 unspecified atom stereocenters. The molecule has 2 aromatic rings. The molecule has 10 N–H and O–H groups in total. The highest BCUT2D eigenvalue weighted by Gasteiger charge is 2.31. The van der Waals surface area contributed by atoms with E-state index in [1.54, 1.807) is 24.3 Å².